The molecule has 0 spiro atoms. The summed E-state index contributed by atoms with van der Waals surface area (Å²) in [7, 11) is 3.19. The van der Waals surface area contributed by atoms with Crippen molar-refractivity contribution in [3.05, 3.63) is 77.6 Å². The van der Waals surface area contributed by atoms with Gasteiger partial charge in [-0.1, -0.05) is 54.6 Å². The zero-order valence-electron chi connectivity index (χ0n) is 20.0. The minimum atomic E-state index is -1.39. The lowest BCUT2D eigenvalue weighted by Crippen LogP contribution is -2.41. The topological polar surface area (TPSA) is 125 Å². The average molecular weight is 479 g/mol. The number of H-pyrrole nitrogens is 1. The number of nitrogens with zero attached hydrogens (tertiary/aromatic N) is 2. The number of carbonyl (C=O) groups excluding carboxylic acids is 3. The molecule has 35 heavy (non-hydrogen) atoms. The molecule has 0 aliphatic carbocycles. The van der Waals surface area contributed by atoms with Gasteiger partial charge in [0.25, 0.3) is 11.8 Å². The van der Waals surface area contributed by atoms with E-state index >= 15 is 0 Å². The minimum Gasteiger partial charge on any atom is -0.464 e. The number of benzene rings is 2. The van der Waals surface area contributed by atoms with E-state index < -0.39 is 24.0 Å². The van der Waals surface area contributed by atoms with Crippen molar-refractivity contribution in [1.82, 2.24) is 20.4 Å². The van der Waals surface area contributed by atoms with Gasteiger partial charge in [0.05, 0.1) is 6.61 Å². The van der Waals surface area contributed by atoms with Gasteiger partial charge >= 0.3 is 5.97 Å². The Morgan fingerprint density at radius 3 is 2.34 bits per heavy atom. The molecular formula is C26H30N4O5. The summed E-state index contributed by atoms with van der Waals surface area (Å²) in [6.07, 6.45) is -1.07. The van der Waals surface area contributed by atoms with Gasteiger partial charge in [-0.3, -0.25) is 14.7 Å². The molecule has 9 nitrogen and oxygen atoms in total. The first-order chi connectivity index (χ1) is 16.8. The van der Waals surface area contributed by atoms with Gasteiger partial charge < -0.3 is 20.1 Å². The standard InChI is InChI=1S/C26H30N4O5/c1-4-35-26(34)23(31)15-20(27-24(32)21-16-22(29-28-21)25(33)30(2)3)14-17-10-12-19(13-11-17)18-8-6-5-7-9-18/h5-13,16,20,23,31H,4,14-15H2,1-3H3,(H,27,32)(H,28,29)/t20-,23-/m1/s1. The van der Waals surface area contributed by atoms with Crippen molar-refractivity contribution in [2.75, 3.05) is 20.7 Å². The van der Waals surface area contributed by atoms with Crippen LogP contribution in [0.2, 0.25) is 0 Å². The number of carbonyl (C=O) groups is 3. The number of aliphatic hydroxyl groups is 1. The van der Waals surface area contributed by atoms with E-state index in [1.165, 1.54) is 11.0 Å². The smallest absolute Gasteiger partial charge is 0.335 e. The van der Waals surface area contributed by atoms with E-state index in [2.05, 4.69) is 15.5 Å². The quantitative estimate of drug-likeness (QED) is 0.385. The molecule has 3 rings (SSSR count). The number of amides is 2. The van der Waals surface area contributed by atoms with Crippen LogP contribution in [0, 0.1) is 0 Å². The van der Waals surface area contributed by atoms with Gasteiger partial charge in [-0.05, 0) is 30.0 Å². The zero-order chi connectivity index (χ0) is 25.4. The Hall–Kier alpha value is -3.98. The highest BCUT2D eigenvalue weighted by molar-refractivity contribution is 5.97. The van der Waals surface area contributed by atoms with E-state index in [1.807, 2.05) is 54.6 Å². The van der Waals surface area contributed by atoms with Crippen LogP contribution in [0.5, 0.6) is 0 Å². The average Bonchev–Trinajstić information content (AvgIpc) is 3.35. The number of ether oxygens (including phenoxy) is 1. The maximum absolute atomic E-state index is 12.9. The number of hydrogen-bond donors (Lipinski definition) is 3. The minimum absolute atomic E-state index is 0.0326. The Morgan fingerprint density at radius 2 is 1.71 bits per heavy atom. The summed E-state index contributed by atoms with van der Waals surface area (Å²) in [5.41, 5.74) is 3.26. The lowest BCUT2D eigenvalue weighted by atomic mass is 9.97. The third-order valence-corrected chi connectivity index (χ3v) is 5.39. The van der Waals surface area contributed by atoms with Crippen LogP contribution >= 0.6 is 0 Å². The van der Waals surface area contributed by atoms with Gasteiger partial charge in [-0.2, -0.15) is 5.10 Å². The van der Waals surface area contributed by atoms with Gasteiger partial charge in [0.2, 0.25) is 0 Å². The normalized spacial score (nSPS) is 12.5. The van der Waals surface area contributed by atoms with Crippen LogP contribution < -0.4 is 5.32 Å². The number of aromatic nitrogens is 2. The fourth-order valence-electron chi connectivity index (χ4n) is 3.59. The molecule has 3 aromatic rings. The molecule has 1 heterocycles. The highest BCUT2D eigenvalue weighted by atomic mass is 16.5. The fourth-order valence-corrected chi connectivity index (χ4v) is 3.59. The maximum atomic E-state index is 12.9. The van der Waals surface area contributed by atoms with Gasteiger partial charge in [-0.25, -0.2) is 4.79 Å². The third kappa shape index (κ3) is 7.00. The van der Waals surface area contributed by atoms with E-state index in [-0.39, 0.29) is 30.3 Å². The highest BCUT2D eigenvalue weighted by Crippen LogP contribution is 2.20. The zero-order valence-corrected chi connectivity index (χ0v) is 20.0. The van der Waals surface area contributed by atoms with Crippen molar-refractivity contribution in [1.29, 1.82) is 0 Å². The van der Waals surface area contributed by atoms with Crippen molar-refractivity contribution < 1.29 is 24.2 Å². The number of nitrogens with one attached hydrogen (secondary N) is 2. The molecule has 1 aromatic heterocycles. The molecule has 9 heteroatoms. The summed E-state index contributed by atoms with van der Waals surface area (Å²) < 4.78 is 4.90. The van der Waals surface area contributed by atoms with Gasteiger partial charge in [0.15, 0.2) is 11.8 Å². The van der Waals surface area contributed by atoms with Gasteiger partial charge in [-0.15, -0.1) is 0 Å². The molecule has 2 atom stereocenters. The van der Waals surface area contributed by atoms with Gasteiger partial charge in [0.1, 0.15) is 5.69 Å². The van der Waals surface area contributed by atoms with Crippen LogP contribution in [0.4, 0.5) is 0 Å². The van der Waals surface area contributed by atoms with Crippen molar-refractivity contribution >= 4 is 17.8 Å². The Kier molecular flexibility index (Phi) is 8.74. The van der Waals surface area contributed by atoms with Crippen LogP contribution in [0.15, 0.2) is 60.7 Å². The number of aliphatic hydroxyl groups excluding tert-OH is 1. The second-order valence-corrected chi connectivity index (χ2v) is 8.31. The summed E-state index contributed by atoms with van der Waals surface area (Å²) in [5.74, 6) is -1.59. The SMILES string of the molecule is CCOC(=O)[C@H](O)C[C@@H](Cc1ccc(-c2ccccc2)cc1)NC(=O)c1cc(C(=O)N(C)C)[nH]n1. The molecule has 2 aromatic carbocycles. The Labute approximate surface area is 204 Å². The van der Waals surface area contributed by atoms with E-state index in [9.17, 15) is 19.5 Å². The van der Waals surface area contributed by atoms with Gasteiger partial charge in [0, 0.05) is 32.6 Å². The van der Waals surface area contributed by atoms with Crippen LogP contribution in [-0.2, 0) is 16.0 Å². The third-order valence-electron chi connectivity index (χ3n) is 5.39. The molecule has 0 bridgehead atoms. The Bertz CT molecular complexity index is 1140. The monoisotopic (exact) mass is 478 g/mol. The molecule has 0 aliphatic rings. The predicted molar refractivity (Wildman–Crippen MR) is 131 cm³/mol. The number of aromatic amines is 1. The van der Waals surface area contributed by atoms with Crippen LogP contribution in [0.1, 0.15) is 39.9 Å². The Morgan fingerprint density at radius 1 is 1.06 bits per heavy atom. The summed E-state index contributed by atoms with van der Waals surface area (Å²) in [6.45, 7) is 1.80. The van der Waals surface area contributed by atoms with Crippen LogP contribution in [0.3, 0.4) is 0 Å². The van der Waals surface area contributed by atoms with Crippen molar-refractivity contribution in [3.63, 3.8) is 0 Å². The van der Waals surface area contributed by atoms with Crippen LogP contribution in [0.25, 0.3) is 11.1 Å². The van der Waals surface area contributed by atoms with E-state index in [0.717, 1.165) is 16.7 Å². The summed E-state index contributed by atoms with van der Waals surface area (Å²) in [6, 6.07) is 18.6. The molecule has 0 fully saturated rings. The second-order valence-electron chi connectivity index (χ2n) is 8.31. The molecule has 3 N–H and O–H groups in total. The molecular weight excluding hydrogens is 448 g/mol. The first-order valence-electron chi connectivity index (χ1n) is 11.4. The van der Waals surface area contributed by atoms with Crippen molar-refractivity contribution in [2.24, 2.45) is 0 Å². The highest BCUT2D eigenvalue weighted by Gasteiger charge is 2.25. The first kappa shape index (κ1) is 25.6. The van der Waals surface area contributed by atoms with E-state index in [0.29, 0.717) is 6.42 Å². The lowest BCUT2D eigenvalue weighted by molar-refractivity contribution is -0.153. The molecule has 0 saturated heterocycles. The molecule has 0 radical (unpaired) electrons. The van der Waals surface area contributed by atoms with Crippen molar-refractivity contribution in [2.45, 2.75) is 31.9 Å². The predicted octanol–water partition coefficient (Wildman–Crippen LogP) is 2.43. The largest absolute Gasteiger partial charge is 0.464 e. The number of esters is 1. The second kappa shape index (κ2) is 11.9. The van der Waals surface area contributed by atoms with Crippen molar-refractivity contribution in [3.8, 4) is 11.1 Å². The molecule has 0 unspecified atom stereocenters. The van der Waals surface area contributed by atoms with Crippen LogP contribution in [-0.4, -0.2) is 70.8 Å². The maximum Gasteiger partial charge on any atom is 0.335 e. The lowest BCUT2D eigenvalue weighted by Gasteiger charge is -2.21. The fraction of sp³-hybridized carbons (Fsp3) is 0.308. The van der Waals surface area contributed by atoms with E-state index in [1.54, 1.807) is 21.0 Å². The summed E-state index contributed by atoms with van der Waals surface area (Å²) in [4.78, 5) is 38.3. The first-order valence-corrected chi connectivity index (χ1v) is 11.4. The number of hydrogen-bond acceptors (Lipinski definition) is 6. The Balaban J connectivity index is 1.75. The number of rotatable bonds is 10. The summed E-state index contributed by atoms with van der Waals surface area (Å²) >= 11 is 0. The molecule has 0 saturated carbocycles. The molecule has 2 amide bonds. The molecule has 184 valence electrons. The summed E-state index contributed by atoms with van der Waals surface area (Å²) in [5, 5.41) is 19.6. The molecule has 0 aliphatic heterocycles. The van der Waals surface area contributed by atoms with E-state index in [4.69, 9.17) is 4.74 Å².